The fourth-order valence-corrected chi connectivity index (χ4v) is 5.98. The van der Waals surface area contributed by atoms with Crippen LogP contribution >= 0.6 is 11.6 Å². The summed E-state index contributed by atoms with van der Waals surface area (Å²) in [6.07, 6.45) is 1.76. The maximum Gasteiger partial charge on any atom is 0.274 e. The number of phenolic OH excluding ortho intramolecular Hbond substituents is 1. The van der Waals surface area contributed by atoms with Gasteiger partial charge in [-0.15, -0.1) is 0 Å². The molecule has 0 radical (unpaired) electrons. The summed E-state index contributed by atoms with van der Waals surface area (Å²) in [6, 6.07) is 22.6. The molecule has 0 bridgehead atoms. The molecule has 12 heteroatoms. The third-order valence-electron chi connectivity index (χ3n) is 6.27. The van der Waals surface area contributed by atoms with Gasteiger partial charge in [0.15, 0.2) is 6.10 Å². The first-order valence-electron chi connectivity index (χ1n) is 13.5. The number of aromatic nitrogens is 1. The van der Waals surface area contributed by atoms with Crippen LogP contribution in [0.3, 0.4) is 0 Å². The predicted octanol–water partition coefficient (Wildman–Crippen LogP) is 6.37. The van der Waals surface area contributed by atoms with E-state index in [9.17, 15) is 23.1 Å². The molecule has 0 saturated heterocycles. The van der Waals surface area contributed by atoms with Crippen LogP contribution in [-0.2, 0) is 14.8 Å². The van der Waals surface area contributed by atoms with Crippen molar-refractivity contribution in [2.24, 2.45) is 0 Å². The summed E-state index contributed by atoms with van der Waals surface area (Å²) < 4.78 is 33.5. The largest absolute Gasteiger partial charge is 0.506 e. The first kappa shape index (κ1) is 31.3. The number of hydrogen-bond donors (Lipinski definition) is 3. The Morgan fingerprint density at radius 2 is 1.63 bits per heavy atom. The van der Waals surface area contributed by atoms with Gasteiger partial charge in [-0.25, -0.2) is 12.7 Å². The van der Waals surface area contributed by atoms with Crippen LogP contribution in [0.2, 0.25) is 5.02 Å². The number of anilines is 4. The Morgan fingerprint density at radius 3 is 2.28 bits per heavy atom. The van der Waals surface area contributed by atoms with E-state index >= 15 is 0 Å². The number of carbonyl (C=O) groups is 2. The highest BCUT2D eigenvalue weighted by Crippen LogP contribution is 2.35. The molecule has 224 valence electrons. The molecule has 1 aromatic heterocycles. The Balaban J connectivity index is 1.43. The highest BCUT2D eigenvalue weighted by atomic mass is 35.5. The second-order valence-corrected chi connectivity index (χ2v) is 11.9. The van der Waals surface area contributed by atoms with Crippen LogP contribution in [0.25, 0.3) is 0 Å². The van der Waals surface area contributed by atoms with Crippen molar-refractivity contribution < 1.29 is 27.9 Å². The highest BCUT2D eigenvalue weighted by Gasteiger charge is 2.24. The monoisotopic (exact) mass is 622 g/mol. The zero-order valence-corrected chi connectivity index (χ0v) is 25.1. The molecule has 1 unspecified atom stereocenters. The number of aromatic hydroxyl groups is 1. The highest BCUT2D eigenvalue weighted by molar-refractivity contribution is 7.93. The second-order valence-electron chi connectivity index (χ2n) is 9.53. The lowest BCUT2D eigenvalue weighted by molar-refractivity contribution is -0.122. The fourth-order valence-electron chi connectivity index (χ4n) is 4.04. The van der Waals surface area contributed by atoms with E-state index in [0.29, 0.717) is 23.5 Å². The van der Waals surface area contributed by atoms with Gasteiger partial charge in [-0.3, -0.25) is 14.6 Å². The number of pyridine rings is 1. The lowest BCUT2D eigenvalue weighted by atomic mass is 10.2. The molecule has 0 saturated carbocycles. The lowest BCUT2D eigenvalue weighted by Gasteiger charge is -2.25. The summed E-state index contributed by atoms with van der Waals surface area (Å²) in [5, 5.41) is 15.6. The van der Waals surface area contributed by atoms with Gasteiger partial charge in [0.2, 0.25) is 10.0 Å². The number of amides is 2. The van der Waals surface area contributed by atoms with Crippen molar-refractivity contribution in [2.75, 3.05) is 20.7 Å². The molecule has 0 aliphatic heterocycles. The average molecular weight is 623 g/mol. The van der Waals surface area contributed by atoms with Gasteiger partial charge in [0, 0.05) is 12.3 Å². The van der Waals surface area contributed by atoms with Crippen molar-refractivity contribution in [3.63, 3.8) is 0 Å². The standard InChI is InChI=1S/C31H31ClN4O6S/c1-3-4-18-43(40,41)36(22-10-6-5-7-11-22)23-13-15-24(16-14-23)42-21(2)30(38)34-27-20-29(37)28(19-25(27)32)35-31(39)26-12-8-9-17-33-26/h5-17,19-21,37H,3-4,18H2,1-2H3,(H,34,38)(H,35,39). The summed E-state index contributed by atoms with van der Waals surface area (Å²) in [5.74, 6) is -1.06. The Morgan fingerprint density at radius 1 is 0.953 bits per heavy atom. The number of benzene rings is 3. The third-order valence-corrected chi connectivity index (χ3v) is 8.36. The number of para-hydroxylation sites is 1. The molecular formula is C31H31ClN4O6S. The van der Waals surface area contributed by atoms with Crippen molar-refractivity contribution >= 4 is 56.2 Å². The Labute approximate surface area is 255 Å². The van der Waals surface area contributed by atoms with E-state index in [1.165, 1.54) is 35.6 Å². The molecule has 3 N–H and O–H groups in total. The van der Waals surface area contributed by atoms with E-state index in [-0.39, 0.29) is 33.6 Å². The molecule has 10 nitrogen and oxygen atoms in total. The number of nitrogens with zero attached hydrogens (tertiary/aromatic N) is 2. The fraction of sp³-hybridized carbons (Fsp3) is 0.194. The van der Waals surface area contributed by atoms with Gasteiger partial charge in [0.25, 0.3) is 11.8 Å². The number of unbranched alkanes of at least 4 members (excludes halogenated alkanes) is 1. The van der Waals surface area contributed by atoms with E-state index in [2.05, 4.69) is 15.6 Å². The van der Waals surface area contributed by atoms with Crippen molar-refractivity contribution in [3.05, 3.63) is 102 Å². The van der Waals surface area contributed by atoms with Crippen molar-refractivity contribution in [2.45, 2.75) is 32.8 Å². The minimum Gasteiger partial charge on any atom is -0.506 e. The van der Waals surface area contributed by atoms with E-state index in [4.69, 9.17) is 16.3 Å². The van der Waals surface area contributed by atoms with Gasteiger partial charge >= 0.3 is 0 Å². The van der Waals surface area contributed by atoms with Crippen molar-refractivity contribution in [1.82, 2.24) is 4.98 Å². The number of carbonyl (C=O) groups excluding carboxylic acids is 2. The Hall–Kier alpha value is -4.61. The summed E-state index contributed by atoms with van der Waals surface area (Å²) >= 11 is 6.32. The van der Waals surface area contributed by atoms with Crippen LogP contribution < -0.4 is 19.7 Å². The topological polar surface area (TPSA) is 138 Å². The lowest BCUT2D eigenvalue weighted by Crippen LogP contribution is -2.30. The molecule has 0 spiro atoms. The molecule has 0 fully saturated rings. The molecule has 4 rings (SSSR count). The number of nitrogens with one attached hydrogen (secondary N) is 2. The average Bonchev–Trinajstić information content (AvgIpc) is 3.00. The van der Waals surface area contributed by atoms with Gasteiger partial charge in [-0.1, -0.05) is 49.2 Å². The van der Waals surface area contributed by atoms with E-state index in [0.717, 1.165) is 6.42 Å². The number of hydrogen-bond acceptors (Lipinski definition) is 7. The van der Waals surface area contributed by atoms with Gasteiger partial charge < -0.3 is 20.5 Å². The Kier molecular flexibility index (Phi) is 10.2. The van der Waals surface area contributed by atoms with Crippen molar-refractivity contribution in [3.8, 4) is 11.5 Å². The van der Waals surface area contributed by atoms with Crippen LogP contribution in [0.5, 0.6) is 11.5 Å². The quantitative estimate of drug-likeness (QED) is 0.156. The summed E-state index contributed by atoms with van der Waals surface area (Å²) in [4.78, 5) is 29.2. The normalized spacial score (nSPS) is 11.8. The molecule has 4 aromatic rings. The van der Waals surface area contributed by atoms with Crippen LogP contribution in [0.1, 0.15) is 37.2 Å². The molecule has 0 aliphatic rings. The maximum absolute atomic E-state index is 13.2. The number of halogens is 1. The van der Waals surface area contributed by atoms with E-state index in [1.54, 1.807) is 60.7 Å². The summed E-state index contributed by atoms with van der Waals surface area (Å²) in [6.45, 7) is 3.46. The maximum atomic E-state index is 13.2. The zero-order valence-electron chi connectivity index (χ0n) is 23.5. The smallest absolute Gasteiger partial charge is 0.274 e. The summed E-state index contributed by atoms with van der Waals surface area (Å²) in [7, 11) is -3.64. The number of sulfonamides is 1. The van der Waals surface area contributed by atoms with E-state index in [1.807, 2.05) is 13.0 Å². The molecule has 1 heterocycles. The predicted molar refractivity (Wildman–Crippen MR) is 168 cm³/mol. The number of phenols is 1. The van der Waals surface area contributed by atoms with Gasteiger partial charge in [-0.05, 0) is 67.9 Å². The van der Waals surface area contributed by atoms with Crippen LogP contribution in [-0.4, -0.2) is 42.2 Å². The molecule has 43 heavy (non-hydrogen) atoms. The van der Waals surface area contributed by atoms with Crippen LogP contribution in [0.4, 0.5) is 22.7 Å². The van der Waals surface area contributed by atoms with E-state index < -0.39 is 27.9 Å². The second kappa shape index (κ2) is 14.0. The van der Waals surface area contributed by atoms with Crippen LogP contribution in [0.15, 0.2) is 91.1 Å². The SMILES string of the molecule is CCCCS(=O)(=O)N(c1ccccc1)c1ccc(OC(C)C(=O)Nc2cc(O)c(NC(=O)c3ccccn3)cc2Cl)cc1. The molecule has 0 aliphatic carbocycles. The first-order chi connectivity index (χ1) is 20.6. The molecule has 1 atom stereocenters. The van der Waals surface area contributed by atoms with Gasteiger partial charge in [0.05, 0.1) is 33.5 Å². The Bertz CT molecular complexity index is 1670. The van der Waals surface area contributed by atoms with Gasteiger partial charge in [-0.2, -0.15) is 0 Å². The van der Waals surface area contributed by atoms with Crippen LogP contribution in [0, 0.1) is 0 Å². The van der Waals surface area contributed by atoms with Crippen molar-refractivity contribution in [1.29, 1.82) is 0 Å². The van der Waals surface area contributed by atoms with Gasteiger partial charge in [0.1, 0.15) is 17.2 Å². The first-order valence-corrected chi connectivity index (χ1v) is 15.5. The number of ether oxygens (including phenoxy) is 1. The minimum atomic E-state index is -3.64. The number of rotatable bonds is 12. The minimum absolute atomic E-state index is 0.00352. The molecule has 2 amide bonds. The molecule has 3 aromatic carbocycles. The summed E-state index contributed by atoms with van der Waals surface area (Å²) in [5.41, 5.74) is 1.26. The molecular weight excluding hydrogens is 592 g/mol. The third kappa shape index (κ3) is 8.02. The zero-order chi connectivity index (χ0) is 31.0.